The highest BCUT2D eigenvalue weighted by atomic mass is 35.5. The summed E-state index contributed by atoms with van der Waals surface area (Å²) in [5.41, 5.74) is 1.48. The summed E-state index contributed by atoms with van der Waals surface area (Å²) >= 11 is 6.02. The van der Waals surface area contributed by atoms with Crippen molar-refractivity contribution >= 4 is 22.6 Å². The predicted octanol–water partition coefficient (Wildman–Crippen LogP) is 2.43. The number of nitrogens with one attached hydrogen (secondary N) is 1. The summed E-state index contributed by atoms with van der Waals surface area (Å²) in [6.45, 7) is 1.48. The second-order valence-electron chi connectivity index (χ2n) is 4.00. The van der Waals surface area contributed by atoms with Gasteiger partial charge in [-0.05, 0) is 6.42 Å². The van der Waals surface area contributed by atoms with Crippen LogP contribution in [0, 0.1) is 0 Å². The molecule has 1 aliphatic heterocycles. The number of nitrogens with zero attached hydrogens (tertiary/aromatic N) is 1. The van der Waals surface area contributed by atoms with Crippen LogP contribution in [0.4, 0.5) is 0 Å². The van der Waals surface area contributed by atoms with Gasteiger partial charge in [0.25, 0.3) is 0 Å². The number of aromatic hydroxyl groups is 1. The first-order chi connectivity index (χ1) is 7.74. The van der Waals surface area contributed by atoms with E-state index in [2.05, 4.69) is 9.97 Å². The van der Waals surface area contributed by atoms with Crippen LogP contribution in [0.2, 0.25) is 5.02 Å². The molecule has 16 heavy (non-hydrogen) atoms. The average molecular weight is 239 g/mol. The highest BCUT2D eigenvalue weighted by molar-refractivity contribution is 6.35. The Morgan fingerprint density at radius 2 is 2.38 bits per heavy atom. The van der Waals surface area contributed by atoms with E-state index in [-0.39, 0.29) is 5.75 Å². The Morgan fingerprint density at radius 3 is 3.12 bits per heavy atom. The van der Waals surface area contributed by atoms with Crippen LogP contribution in [-0.4, -0.2) is 28.3 Å². The summed E-state index contributed by atoms with van der Waals surface area (Å²) in [6, 6.07) is 3.12. The molecule has 2 heterocycles. The summed E-state index contributed by atoms with van der Waals surface area (Å²) in [5, 5.41) is 9.92. The number of H-pyrrole nitrogens is 1. The topological polar surface area (TPSA) is 58.1 Å². The Bertz CT molecular complexity index is 532. The lowest BCUT2D eigenvalue weighted by molar-refractivity contribution is 0.193. The number of benzene rings is 1. The van der Waals surface area contributed by atoms with Crippen LogP contribution in [0.1, 0.15) is 18.2 Å². The van der Waals surface area contributed by atoms with Crippen molar-refractivity contribution < 1.29 is 9.84 Å². The number of hydrogen-bond acceptors (Lipinski definition) is 3. The van der Waals surface area contributed by atoms with Gasteiger partial charge in [0, 0.05) is 24.7 Å². The smallest absolute Gasteiger partial charge is 0.119 e. The van der Waals surface area contributed by atoms with E-state index in [1.807, 2.05) is 0 Å². The molecule has 84 valence electrons. The van der Waals surface area contributed by atoms with Crippen LogP contribution >= 0.6 is 11.6 Å². The molecule has 2 N–H and O–H groups in total. The van der Waals surface area contributed by atoms with Crippen LogP contribution in [0.5, 0.6) is 5.75 Å². The lowest BCUT2D eigenvalue weighted by atomic mass is 10.1. The van der Waals surface area contributed by atoms with Gasteiger partial charge in [-0.3, -0.25) is 0 Å². The molecule has 5 heteroatoms. The van der Waals surface area contributed by atoms with Crippen molar-refractivity contribution in [3.63, 3.8) is 0 Å². The molecule has 1 aromatic carbocycles. The highest BCUT2D eigenvalue weighted by Crippen LogP contribution is 2.30. The van der Waals surface area contributed by atoms with E-state index in [9.17, 15) is 5.11 Å². The number of rotatable bonds is 1. The van der Waals surface area contributed by atoms with Crippen molar-refractivity contribution in [1.29, 1.82) is 0 Å². The number of phenolic OH excluding ortho intramolecular Hbond substituents is 1. The number of aromatic nitrogens is 2. The third-order valence-corrected chi connectivity index (χ3v) is 3.16. The first-order valence-corrected chi connectivity index (χ1v) is 5.57. The Labute approximate surface area is 97.2 Å². The Hall–Kier alpha value is -1.26. The van der Waals surface area contributed by atoms with E-state index in [4.69, 9.17) is 16.3 Å². The number of ether oxygens (including phenoxy) is 1. The van der Waals surface area contributed by atoms with Crippen molar-refractivity contribution in [2.24, 2.45) is 0 Å². The molecule has 1 saturated heterocycles. The zero-order valence-electron chi connectivity index (χ0n) is 8.53. The van der Waals surface area contributed by atoms with Gasteiger partial charge < -0.3 is 14.8 Å². The molecule has 1 atom stereocenters. The van der Waals surface area contributed by atoms with Gasteiger partial charge >= 0.3 is 0 Å². The zero-order valence-corrected chi connectivity index (χ0v) is 9.29. The maximum Gasteiger partial charge on any atom is 0.119 e. The van der Waals surface area contributed by atoms with Crippen LogP contribution in [-0.2, 0) is 4.74 Å². The summed E-state index contributed by atoms with van der Waals surface area (Å²) in [5.74, 6) is 1.34. The number of hydrogen-bond donors (Lipinski definition) is 2. The van der Waals surface area contributed by atoms with E-state index < -0.39 is 0 Å². The molecule has 0 bridgehead atoms. The summed E-state index contributed by atoms with van der Waals surface area (Å²) in [7, 11) is 0. The van der Waals surface area contributed by atoms with Gasteiger partial charge in [-0.2, -0.15) is 0 Å². The van der Waals surface area contributed by atoms with Gasteiger partial charge in [0.1, 0.15) is 11.6 Å². The number of phenols is 1. The quantitative estimate of drug-likeness (QED) is 0.802. The van der Waals surface area contributed by atoms with Crippen molar-refractivity contribution in [2.75, 3.05) is 13.2 Å². The molecule has 1 aromatic heterocycles. The fraction of sp³-hybridized carbons (Fsp3) is 0.364. The SMILES string of the molecule is Oc1cc(Cl)c2[nH]c(C3CCOC3)nc2c1. The van der Waals surface area contributed by atoms with Crippen LogP contribution < -0.4 is 0 Å². The van der Waals surface area contributed by atoms with Crippen molar-refractivity contribution in [3.8, 4) is 5.75 Å². The lowest BCUT2D eigenvalue weighted by Crippen LogP contribution is -1.99. The van der Waals surface area contributed by atoms with Gasteiger partial charge in [0.2, 0.25) is 0 Å². The van der Waals surface area contributed by atoms with Crippen LogP contribution in [0.3, 0.4) is 0 Å². The molecule has 1 unspecified atom stereocenters. The standard InChI is InChI=1S/C11H11ClN2O2/c12-8-3-7(15)4-9-10(8)14-11(13-9)6-1-2-16-5-6/h3-4,6,15H,1-2,5H2,(H,13,14). The van der Waals surface area contributed by atoms with Gasteiger partial charge in [-0.15, -0.1) is 0 Å². The molecule has 2 aromatic rings. The van der Waals surface area contributed by atoms with E-state index in [0.29, 0.717) is 23.1 Å². The Morgan fingerprint density at radius 1 is 1.50 bits per heavy atom. The Balaban J connectivity index is 2.11. The second kappa shape index (κ2) is 3.64. The molecule has 1 fully saturated rings. The van der Waals surface area contributed by atoms with Crippen molar-refractivity contribution in [1.82, 2.24) is 9.97 Å². The normalized spacial score (nSPS) is 20.7. The Kier molecular flexibility index (Phi) is 2.26. The van der Waals surface area contributed by atoms with E-state index in [1.165, 1.54) is 6.07 Å². The maximum atomic E-state index is 9.42. The minimum absolute atomic E-state index is 0.137. The first kappa shape index (κ1) is 9.93. The highest BCUT2D eigenvalue weighted by Gasteiger charge is 2.21. The number of halogens is 1. The number of imidazole rings is 1. The fourth-order valence-electron chi connectivity index (χ4n) is 2.02. The number of fused-ring (bicyclic) bond motifs is 1. The minimum atomic E-state index is 0.137. The predicted molar refractivity (Wildman–Crippen MR) is 60.9 cm³/mol. The van der Waals surface area contributed by atoms with E-state index in [0.717, 1.165) is 24.4 Å². The molecule has 4 nitrogen and oxygen atoms in total. The van der Waals surface area contributed by atoms with Gasteiger partial charge in [0.15, 0.2) is 0 Å². The van der Waals surface area contributed by atoms with Crippen LogP contribution in [0.15, 0.2) is 12.1 Å². The third-order valence-electron chi connectivity index (χ3n) is 2.86. The maximum absolute atomic E-state index is 9.42. The van der Waals surface area contributed by atoms with E-state index >= 15 is 0 Å². The molecule has 0 amide bonds. The molecule has 0 spiro atoms. The summed E-state index contributed by atoms with van der Waals surface area (Å²) in [4.78, 5) is 7.64. The summed E-state index contributed by atoms with van der Waals surface area (Å²) < 4.78 is 5.32. The molecular formula is C11H11ClN2O2. The van der Waals surface area contributed by atoms with Crippen molar-refractivity contribution in [3.05, 3.63) is 23.0 Å². The van der Waals surface area contributed by atoms with E-state index in [1.54, 1.807) is 6.07 Å². The number of aromatic amines is 1. The van der Waals surface area contributed by atoms with Gasteiger partial charge in [-0.25, -0.2) is 4.98 Å². The van der Waals surface area contributed by atoms with Gasteiger partial charge in [0.05, 0.1) is 22.7 Å². The lowest BCUT2D eigenvalue weighted by Gasteiger charge is -2.00. The molecule has 1 aliphatic rings. The molecule has 0 saturated carbocycles. The zero-order chi connectivity index (χ0) is 11.1. The monoisotopic (exact) mass is 238 g/mol. The average Bonchev–Trinajstić information content (AvgIpc) is 2.82. The minimum Gasteiger partial charge on any atom is -0.508 e. The summed E-state index contributed by atoms with van der Waals surface area (Å²) in [6.07, 6.45) is 0.976. The first-order valence-electron chi connectivity index (χ1n) is 5.20. The largest absolute Gasteiger partial charge is 0.508 e. The second-order valence-corrected chi connectivity index (χ2v) is 4.41. The van der Waals surface area contributed by atoms with Gasteiger partial charge in [-0.1, -0.05) is 11.6 Å². The fourth-order valence-corrected chi connectivity index (χ4v) is 2.28. The molecular weight excluding hydrogens is 228 g/mol. The molecule has 0 aliphatic carbocycles. The van der Waals surface area contributed by atoms with Crippen molar-refractivity contribution in [2.45, 2.75) is 12.3 Å². The molecule has 3 rings (SSSR count). The third kappa shape index (κ3) is 1.54. The van der Waals surface area contributed by atoms with Crippen LogP contribution in [0.25, 0.3) is 11.0 Å². The molecule has 0 radical (unpaired) electrons.